The molecule has 1 N–H and O–H groups in total. The van der Waals surface area contributed by atoms with Crippen LogP contribution in [0.15, 0.2) is 6.07 Å². The number of β-amino-alcohol motifs (C(OH)–C–C–N with tert-alkyl or cyclic N) is 1. The van der Waals surface area contributed by atoms with Gasteiger partial charge in [-0.3, -0.25) is 9.69 Å². The van der Waals surface area contributed by atoms with Crippen molar-refractivity contribution in [3.05, 3.63) is 23.3 Å². The summed E-state index contributed by atoms with van der Waals surface area (Å²) in [4.78, 5) is 25.3. The lowest BCUT2D eigenvalue weighted by Gasteiger charge is -2.35. The number of hydrogen-bond acceptors (Lipinski definition) is 6. The molecule has 0 spiro atoms. The van der Waals surface area contributed by atoms with Crippen LogP contribution < -0.4 is 0 Å². The summed E-state index contributed by atoms with van der Waals surface area (Å²) in [5.41, 5.74) is 1.84. The summed E-state index contributed by atoms with van der Waals surface area (Å²) >= 11 is 0. The van der Waals surface area contributed by atoms with Gasteiger partial charge in [0.25, 0.3) is 5.78 Å². The largest absolute Gasteiger partial charge is 0.392 e. The zero-order chi connectivity index (χ0) is 18.0. The first-order valence-corrected chi connectivity index (χ1v) is 8.84. The second-order valence-corrected chi connectivity index (χ2v) is 6.70. The van der Waals surface area contributed by atoms with Crippen LogP contribution >= 0.6 is 0 Å². The Morgan fingerprint density at radius 1 is 1.24 bits per heavy atom. The topological polar surface area (TPSA) is 86.9 Å². The second kappa shape index (κ2) is 7.45. The van der Waals surface area contributed by atoms with E-state index in [4.69, 9.17) is 0 Å². The molecule has 0 aromatic carbocycles. The van der Waals surface area contributed by atoms with Gasteiger partial charge in [-0.1, -0.05) is 6.92 Å². The van der Waals surface area contributed by atoms with Gasteiger partial charge in [0.05, 0.1) is 12.5 Å². The number of amides is 1. The number of carbonyl (C=O) groups excluding carboxylic acids is 1. The van der Waals surface area contributed by atoms with Gasteiger partial charge in [-0.25, -0.2) is 9.50 Å². The second-order valence-electron chi connectivity index (χ2n) is 6.70. The predicted molar refractivity (Wildman–Crippen MR) is 93.3 cm³/mol. The Morgan fingerprint density at radius 3 is 2.64 bits per heavy atom. The van der Waals surface area contributed by atoms with Gasteiger partial charge in [0.2, 0.25) is 5.91 Å². The molecule has 3 heterocycles. The van der Waals surface area contributed by atoms with Gasteiger partial charge < -0.3 is 10.0 Å². The molecule has 2 aromatic heterocycles. The van der Waals surface area contributed by atoms with Crippen molar-refractivity contribution in [2.75, 3.05) is 32.7 Å². The zero-order valence-electron chi connectivity index (χ0n) is 15.1. The molecule has 2 aromatic rings. The molecule has 0 saturated carbocycles. The Labute approximate surface area is 147 Å². The molecule has 1 aliphatic rings. The summed E-state index contributed by atoms with van der Waals surface area (Å²) in [5.74, 6) is 1.09. The number of aryl methyl sites for hydroxylation is 2. The molecule has 0 aliphatic carbocycles. The number of piperazine rings is 1. The molecule has 0 bridgehead atoms. The third-order valence-electron chi connectivity index (χ3n) is 4.64. The third-order valence-corrected chi connectivity index (χ3v) is 4.64. The van der Waals surface area contributed by atoms with Crippen molar-refractivity contribution in [2.24, 2.45) is 0 Å². The third kappa shape index (κ3) is 4.13. The van der Waals surface area contributed by atoms with Crippen molar-refractivity contribution >= 4 is 11.7 Å². The highest BCUT2D eigenvalue weighted by atomic mass is 16.3. The van der Waals surface area contributed by atoms with Gasteiger partial charge in [-0.05, 0) is 26.3 Å². The summed E-state index contributed by atoms with van der Waals surface area (Å²) in [5, 5.41) is 14.1. The Kier molecular flexibility index (Phi) is 5.29. The molecule has 136 valence electrons. The van der Waals surface area contributed by atoms with Crippen molar-refractivity contribution in [3.8, 4) is 0 Å². The number of aliphatic hydroxyl groups excluding tert-OH is 1. The highest BCUT2D eigenvalue weighted by Crippen LogP contribution is 2.09. The number of aliphatic hydroxyl groups is 1. The maximum Gasteiger partial charge on any atom is 0.252 e. The van der Waals surface area contributed by atoms with Gasteiger partial charge in [-0.15, -0.1) is 5.10 Å². The highest BCUT2D eigenvalue weighted by Gasteiger charge is 2.23. The van der Waals surface area contributed by atoms with E-state index in [0.29, 0.717) is 31.2 Å². The summed E-state index contributed by atoms with van der Waals surface area (Å²) in [6, 6.07) is 1.94. The van der Waals surface area contributed by atoms with E-state index in [-0.39, 0.29) is 18.4 Å². The fourth-order valence-corrected chi connectivity index (χ4v) is 3.14. The van der Waals surface area contributed by atoms with Crippen LogP contribution in [0.5, 0.6) is 0 Å². The Morgan fingerprint density at radius 2 is 1.96 bits per heavy atom. The molecule has 3 rings (SSSR count). The Balaban J connectivity index is 1.59. The van der Waals surface area contributed by atoms with Gasteiger partial charge in [0.15, 0.2) is 5.82 Å². The van der Waals surface area contributed by atoms with Crippen LogP contribution in [0.2, 0.25) is 0 Å². The highest BCUT2D eigenvalue weighted by molar-refractivity contribution is 5.78. The molecular weight excluding hydrogens is 320 g/mol. The lowest BCUT2D eigenvalue weighted by atomic mass is 10.2. The molecule has 1 atom stereocenters. The van der Waals surface area contributed by atoms with Crippen LogP contribution in [0.3, 0.4) is 0 Å². The average Bonchev–Trinajstić information content (AvgIpc) is 2.98. The predicted octanol–water partition coefficient (Wildman–Crippen LogP) is 0.199. The van der Waals surface area contributed by atoms with E-state index in [1.807, 2.05) is 31.7 Å². The minimum Gasteiger partial charge on any atom is -0.392 e. The molecule has 1 aliphatic heterocycles. The van der Waals surface area contributed by atoms with E-state index < -0.39 is 0 Å². The SMILES string of the molecule is CC[C@H](O)CN1CCN(C(=O)Cc2nc3nc(C)cc(C)n3n2)CC1. The smallest absolute Gasteiger partial charge is 0.252 e. The summed E-state index contributed by atoms with van der Waals surface area (Å²) < 4.78 is 1.68. The minimum atomic E-state index is -0.288. The maximum absolute atomic E-state index is 12.5. The number of fused-ring (bicyclic) bond motifs is 1. The van der Waals surface area contributed by atoms with Gasteiger partial charge in [-0.2, -0.15) is 4.98 Å². The van der Waals surface area contributed by atoms with E-state index in [1.165, 1.54) is 0 Å². The van der Waals surface area contributed by atoms with E-state index in [2.05, 4.69) is 20.0 Å². The van der Waals surface area contributed by atoms with E-state index in [9.17, 15) is 9.90 Å². The quantitative estimate of drug-likeness (QED) is 0.832. The molecule has 0 unspecified atom stereocenters. The molecular formula is C17H26N6O2. The molecule has 1 saturated heterocycles. The van der Waals surface area contributed by atoms with Gasteiger partial charge in [0.1, 0.15) is 0 Å². The molecule has 8 nitrogen and oxygen atoms in total. The van der Waals surface area contributed by atoms with Crippen LogP contribution in [0, 0.1) is 13.8 Å². The number of hydrogen-bond donors (Lipinski definition) is 1. The van der Waals surface area contributed by atoms with E-state index in [0.717, 1.165) is 30.9 Å². The van der Waals surface area contributed by atoms with Crippen LogP contribution in [-0.4, -0.2) is 79.2 Å². The summed E-state index contributed by atoms with van der Waals surface area (Å²) in [6.45, 7) is 9.47. The monoisotopic (exact) mass is 346 g/mol. The zero-order valence-corrected chi connectivity index (χ0v) is 15.1. The maximum atomic E-state index is 12.5. The molecule has 0 radical (unpaired) electrons. The fourth-order valence-electron chi connectivity index (χ4n) is 3.14. The first-order valence-electron chi connectivity index (χ1n) is 8.84. The Bertz CT molecular complexity index is 751. The number of nitrogens with zero attached hydrogens (tertiary/aromatic N) is 6. The Hall–Kier alpha value is -2.06. The first-order chi connectivity index (χ1) is 12.0. The van der Waals surface area contributed by atoms with Gasteiger partial charge >= 0.3 is 0 Å². The summed E-state index contributed by atoms with van der Waals surface area (Å²) in [6.07, 6.45) is 0.661. The lowest BCUT2D eigenvalue weighted by Crippen LogP contribution is -2.50. The van der Waals surface area contributed by atoms with Crippen molar-refractivity contribution < 1.29 is 9.90 Å². The van der Waals surface area contributed by atoms with Crippen molar-refractivity contribution in [1.82, 2.24) is 29.4 Å². The van der Waals surface area contributed by atoms with Crippen LogP contribution in [0.4, 0.5) is 0 Å². The fraction of sp³-hybridized carbons (Fsp3) is 0.647. The number of rotatable bonds is 5. The van der Waals surface area contributed by atoms with Crippen LogP contribution in [-0.2, 0) is 11.2 Å². The van der Waals surface area contributed by atoms with Crippen molar-refractivity contribution in [3.63, 3.8) is 0 Å². The standard InChI is InChI=1S/C17H26N6O2/c1-4-14(24)11-21-5-7-22(8-6-21)16(25)10-15-19-17-18-12(2)9-13(3)23(17)20-15/h9,14,24H,4-8,10-11H2,1-3H3/t14-/m0/s1. The number of carbonyl (C=O) groups is 1. The first kappa shape index (κ1) is 17.8. The minimum absolute atomic E-state index is 0.0426. The number of aromatic nitrogens is 4. The van der Waals surface area contributed by atoms with Crippen LogP contribution in [0.1, 0.15) is 30.6 Å². The molecule has 8 heteroatoms. The van der Waals surface area contributed by atoms with Crippen LogP contribution in [0.25, 0.3) is 5.78 Å². The van der Waals surface area contributed by atoms with Crippen molar-refractivity contribution in [1.29, 1.82) is 0 Å². The molecule has 1 fully saturated rings. The van der Waals surface area contributed by atoms with Gasteiger partial charge in [0, 0.05) is 44.1 Å². The lowest BCUT2D eigenvalue weighted by molar-refractivity contribution is -0.132. The summed E-state index contributed by atoms with van der Waals surface area (Å²) in [7, 11) is 0. The normalized spacial score (nSPS) is 17.2. The molecule has 1 amide bonds. The van der Waals surface area contributed by atoms with E-state index in [1.54, 1.807) is 4.52 Å². The van der Waals surface area contributed by atoms with Crippen molar-refractivity contribution in [2.45, 2.75) is 39.7 Å². The average molecular weight is 346 g/mol. The van der Waals surface area contributed by atoms with E-state index >= 15 is 0 Å². The molecule has 25 heavy (non-hydrogen) atoms.